The highest BCUT2D eigenvalue weighted by Crippen LogP contribution is 2.22. The maximum Gasteiger partial charge on any atom is 0.247 e. The molecule has 1 atom stereocenters. The van der Waals surface area contributed by atoms with Crippen LogP contribution in [-0.2, 0) is 11.3 Å². The summed E-state index contributed by atoms with van der Waals surface area (Å²) in [6.07, 6.45) is 1.76. The first-order valence-corrected chi connectivity index (χ1v) is 7.06. The SMILES string of the molecule is Cc1ccc(-c2nnc(CN3CCCC3C(N)=O)o2)cc1. The summed E-state index contributed by atoms with van der Waals surface area (Å²) in [6, 6.07) is 7.69. The Balaban J connectivity index is 1.73. The topological polar surface area (TPSA) is 85.3 Å². The Morgan fingerprint density at radius 1 is 1.38 bits per heavy atom. The van der Waals surface area contributed by atoms with E-state index in [9.17, 15) is 4.79 Å². The van der Waals surface area contributed by atoms with Crippen LogP contribution in [0.2, 0.25) is 0 Å². The van der Waals surface area contributed by atoms with Crippen molar-refractivity contribution in [3.05, 3.63) is 35.7 Å². The van der Waals surface area contributed by atoms with Crippen LogP contribution in [0, 0.1) is 6.92 Å². The number of amides is 1. The van der Waals surface area contributed by atoms with Crippen LogP contribution in [0.5, 0.6) is 0 Å². The first kappa shape index (κ1) is 13.8. The third-order valence-corrected chi connectivity index (χ3v) is 3.80. The minimum Gasteiger partial charge on any atom is -0.419 e. The van der Waals surface area contributed by atoms with Crippen molar-refractivity contribution in [2.75, 3.05) is 6.54 Å². The number of aromatic nitrogens is 2. The van der Waals surface area contributed by atoms with Crippen molar-refractivity contribution in [2.45, 2.75) is 32.4 Å². The fourth-order valence-corrected chi connectivity index (χ4v) is 2.64. The van der Waals surface area contributed by atoms with Gasteiger partial charge in [-0.3, -0.25) is 9.69 Å². The molecule has 6 heteroatoms. The molecule has 1 aromatic heterocycles. The lowest BCUT2D eigenvalue weighted by molar-refractivity contribution is -0.122. The molecule has 6 nitrogen and oxygen atoms in total. The van der Waals surface area contributed by atoms with E-state index in [1.165, 1.54) is 5.56 Å². The zero-order chi connectivity index (χ0) is 14.8. The first-order chi connectivity index (χ1) is 10.1. The van der Waals surface area contributed by atoms with E-state index in [-0.39, 0.29) is 11.9 Å². The van der Waals surface area contributed by atoms with Gasteiger partial charge in [0.2, 0.25) is 17.7 Å². The van der Waals surface area contributed by atoms with Gasteiger partial charge in [-0.25, -0.2) is 0 Å². The van der Waals surface area contributed by atoms with E-state index < -0.39 is 0 Å². The van der Waals surface area contributed by atoms with E-state index in [0.717, 1.165) is 24.9 Å². The molecule has 1 amide bonds. The van der Waals surface area contributed by atoms with E-state index in [1.54, 1.807) is 0 Å². The first-order valence-electron chi connectivity index (χ1n) is 7.06. The van der Waals surface area contributed by atoms with Crippen molar-refractivity contribution in [3.8, 4) is 11.5 Å². The van der Waals surface area contributed by atoms with Crippen LogP contribution in [-0.4, -0.2) is 33.6 Å². The molecule has 0 radical (unpaired) electrons. The van der Waals surface area contributed by atoms with Crippen LogP contribution in [0.1, 0.15) is 24.3 Å². The Morgan fingerprint density at radius 3 is 2.86 bits per heavy atom. The molecular formula is C15H18N4O2. The van der Waals surface area contributed by atoms with Crippen LogP contribution in [0.25, 0.3) is 11.5 Å². The molecule has 1 aromatic carbocycles. The summed E-state index contributed by atoms with van der Waals surface area (Å²) in [7, 11) is 0. The van der Waals surface area contributed by atoms with Gasteiger partial charge in [0.15, 0.2) is 0 Å². The van der Waals surface area contributed by atoms with Gasteiger partial charge in [0.25, 0.3) is 0 Å². The van der Waals surface area contributed by atoms with Crippen molar-refractivity contribution in [1.29, 1.82) is 0 Å². The lowest BCUT2D eigenvalue weighted by Gasteiger charge is -2.19. The molecule has 110 valence electrons. The van der Waals surface area contributed by atoms with Crippen molar-refractivity contribution >= 4 is 5.91 Å². The van der Waals surface area contributed by atoms with Gasteiger partial charge in [-0.2, -0.15) is 0 Å². The molecule has 0 saturated carbocycles. The van der Waals surface area contributed by atoms with Crippen molar-refractivity contribution < 1.29 is 9.21 Å². The predicted octanol–water partition coefficient (Wildman–Crippen LogP) is 1.49. The lowest BCUT2D eigenvalue weighted by Crippen LogP contribution is -2.39. The number of hydrogen-bond donors (Lipinski definition) is 1. The molecule has 0 aliphatic carbocycles. The van der Waals surface area contributed by atoms with Gasteiger partial charge in [0.1, 0.15) is 0 Å². The van der Waals surface area contributed by atoms with E-state index in [1.807, 2.05) is 36.1 Å². The summed E-state index contributed by atoms with van der Waals surface area (Å²) >= 11 is 0. The normalized spacial score (nSPS) is 19.0. The van der Waals surface area contributed by atoms with Crippen molar-refractivity contribution in [2.24, 2.45) is 5.73 Å². The number of hydrogen-bond acceptors (Lipinski definition) is 5. The Bertz CT molecular complexity index is 635. The third-order valence-electron chi connectivity index (χ3n) is 3.80. The molecule has 21 heavy (non-hydrogen) atoms. The van der Waals surface area contributed by atoms with Gasteiger partial charge in [0, 0.05) is 5.56 Å². The summed E-state index contributed by atoms with van der Waals surface area (Å²) < 4.78 is 5.68. The predicted molar refractivity (Wildman–Crippen MR) is 77.1 cm³/mol. The second-order valence-corrected chi connectivity index (χ2v) is 5.40. The number of aryl methyl sites for hydroxylation is 1. The Kier molecular flexibility index (Phi) is 3.70. The molecule has 2 heterocycles. The van der Waals surface area contributed by atoms with Crippen LogP contribution >= 0.6 is 0 Å². The summed E-state index contributed by atoms with van der Waals surface area (Å²) in [5.74, 6) is 0.726. The Morgan fingerprint density at radius 2 is 2.14 bits per heavy atom. The minimum absolute atomic E-state index is 0.222. The highest BCUT2D eigenvalue weighted by molar-refractivity contribution is 5.80. The Labute approximate surface area is 123 Å². The minimum atomic E-state index is -0.286. The average Bonchev–Trinajstić information content (AvgIpc) is 3.09. The molecule has 3 rings (SSSR count). The molecule has 2 aromatic rings. The van der Waals surface area contributed by atoms with E-state index >= 15 is 0 Å². The number of benzene rings is 1. The highest BCUT2D eigenvalue weighted by atomic mass is 16.4. The van der Waals surface area contributed by atoms with Crippen LogP contribution < -0.4 is 5.73 Å². The maximum atomic E-state index is 11.4. The molecule has 0 spiro atoms. The van der Waals surface area contributed by atoms with Gasteiger partial charge in [-0.05, 0) is 38.4 Å². The summed E-state index contributed by atoms with van der Waals surface area (Å²) in [5.41, 5.74) is 7.48. The molecule has 1 saturated heterocycles. The number of nitrogens with two attached hydrogens (primary N) is 1. The fourth-order valence-electron chi connectivity index (χ4n) is 2.64. The number of rotatable bonds is 4. The number of likely N-dealkylation sites (tertiary alicyclic amines) is 1. The second kappa shape index (κ2) is 5.65. The molecular weight excluding hydrogens is 268 g/mol. The quantitative estimate of drug-likeness (QED) is 0.920. The van der Waals surface area contributed by atoms with Crippen molar-refractivity contribution in [1.82, 2.24) is 15.1 Å². The molecule has 0 bridgehead atoms. The monoisotopic (exact) mass is 286 g/mol. The summed E-state index contributed by atoms with van der Waals surface area (Å²) in [6.45, 7) is 3.32. The highest BCUT2D eigenvalue weighted by Gasteiger charge is 2.30. The zero-order valence-corrected chi connectivity index (χ0v) is 12.0. The van der Waals surface area contributed by atoms with E-state index in [2.05, 4.69) is 10.2 Å². The zero-order valence-electron chi connectivity index (χ0n) is 12.0. The van der Waals surface area contributed by atoms with Gasteiger partial charge in [0.05, 0.1) is 12.6 Å². The lowest BCUT2D eigenvalue weighted by atomic mass is 10.1. The van der Waals surface area contributed by atoms with Crippen LogP contribution in [0.15, 0.2) is 28.7 Å². The Hall–Kier alpha value is -2.21. The number of primary amides is 1. The molecule has 1 aliphatic rings. The fraction of sp³-hybridized carbons (Fsp3) is 0.400. The molecule has 1 aliphatic heterocycles. The van der Waals surface area contributed by atoms with Crippen LogP contribution in [0.4, 0.5) is 0 Å². The largest absolute Gasteiger partial charge is 0.419 e. The molecule has 1 unspecified atom stereocenters. The average molecular weight is 286 g/mol. The number of carbonyl (C=O) groups is 1. The number of carbonyl (C=O) groups excluding carboxylic acids is 1. The smallest absolute Gasteiger partial charge is 0.247 e. The van der Waals surface area contributed by atoms with Gasteiger partial charge in [-0.1, -0.05) is 17.7 Å². The third kappa shape index (κ3) is 2.95. The molecule has 2 N–H and O–H groups in total. The number of nitrogens with zero attached hydrogens (tertiary/aromatic N) is 3. The van der Waals surface area contributed by atoms with Gasteiger partial charge in [-0.15, -0.1) is 10.2 Å². The molecule has 1 fully saturated rings. The standard InChI is InChI=1S/C15H18N4O2/c1-10-4-6-11(7-5-10)15-18-17-13(21-15)9-19-8-2-3-12(19)14(16)20/h4-7,12H,2-3,8-9H2,1H3,(H2,16,20). The maximum absolute atomic E-state index is 11.4. The summed E-state index contributed by atoms with van der Waals surface area (Å²) in [5, 5.41) is 8.13. The van der Waals surface area contributed by atoms with Gasteiger partial charge < -0.3 is 10.2 Å². The second-order valence-electron chi connectivity index (χ2n) is 5.40. The van der Waals surface area contributed by atoms with Crippen LogP contribution in [0.3, 0.4) is 0 Å². The van der Waals surface area contributed by atoms with Crippen molar-refractivity contribution in [3.63, 3.8) is 0 Å². The summed E-state index contributed by atoms with van der Waals surface area (Å²) in [4.78, 5) is 13.4. The van der Waals surface area contributed by atoms with Gasteiger partial charge >= 0.3 is 0 Å². The van der Waals surface area contributed by atoms with E-state index in [4.69, 9.17) is 10.2 Å². The van der Waals surface area contributed by atoms with E-state index in [0.29, 0.717) is 18.3 Å².